The smallest absolute Gasteiger partial charge is 0.124 e. The van der Waals surface area contributed by atoms with Crippen molar-refractivity contribution in [3.8, 4) is 6.07 Å². The molecule has 2 aromatic rings. The van der Waals surface area contributed by atoms with Crippen LogP contribution in [0.5, 0.6) is 0 Å². The highest BCUT2D eigenvalue weighted by molar-refractivity contribution is 6.36. The van der Waals surface area contributed by atoms with Gasteiger partial charge in [0.05, 0.1) is 6.07 Å². The molecule has 0 saturated carbocycles. The molecule has 0 aliphatic rings. The Bertz CT molecular complexity index is 571. The first-order valence-electron chi connectivity index (χ1n) is 5.83. The molecule has 2 nitrogen and oxygen atoms in total. The molecule has 1 atom stereocenters. The lowest BCUT2D eigenvalue weighted by atomic mass is 10.1. The summed E-state index contributed by atoms with van der Waals surface area (Å²) in [4.78, 5) is 0. The zero-order chi connectivity index (χ0) is 13.7. The summed E-state index contributed by atoms with van der Waals surface area (Å²) in [6.07, 6.45) is 0. The van der Waals surface area contributed by atoms with Gasteiger partial charge in [0.25, 0.3) is 0 Å². The van der Waals surface area contributed by atoms with Crippen LogP contribution in [0.1, 0.15) is 17.2 Å². The molecule has 0 radical (unpaired) electrons. The monoisotopic (exact) mass is 290 g/mol. The molecule has 0 fully saturated rings. The van der Waals surface area contributed by atoms with Crippen molar-refractivity contribution in [1.29, 1.82) is 5.26 Å². The van der Waals surface area contributed by atoms with Crippen LogP contribution in [0.3, 0.4) is 0 Å². The molecule has 0 aliphatic carbocycles. The van der Waals surface area contributed by atoms with Crippen molar-refractivity contribution in [3.05, 3.63) is 69.7 Å². The molecule has 0 aliphatic heterocycles. The van der Waals surface area contributed by atoms with Gasteiger partial charge in [-0.15, -0.1) is 0 Å². The summed E-state index contributed by atoms with van der Waals surface area (Å²) in [6.45, 7) is 0.584. The molecule has 0 heterocycles. The summed E-state index contributed by atoms with van der Waals surface area (Å²) in [5.74, 6) is 0. The minimum atomic E-state index is -0.526. The van der Waals surface area contributed by atoms with E-state index in [0.717, 1.165) is 5.56 Å². The fourth-order valence-electron chi connectivity index (χ4n) is 1.81. The maximum Gasteiger partial charge on any atom is 0.124 e. The Labute approximate surface area is 122 Å². The highest BCUT2D eigenvalue weighted by Gasteiger charge is 2.16. The number of nitriles is 1. The Morgan fingerprint density at radius 2 is 1.63 bits per heavy atom. The predicted octanol–water partition coefficient (Wildman–Crippen LogP) is 4.35. The second-order valence-corrected chi connectivity index (χ2v) is 4.88. The number of nitrogens with one attached hydrogen (secondary N) is 1. The molecule has 4 heteroatoms. The van der Waals surface area contributed by atoms with Crippen LogP contribution in [-0.2, 0) is 6.54 Å². The SMILES string of the molecule is N#CC(NCc1ccccc1)c1c(Cl)cccc1Cl. The number of nitrogens with zero attached hydrogens (tertiary/aromatic N) is 1. The topological polar surface area (TPSA) is 35.8 Å². The van der Waals surface area contributed by atoms with Crippen molar-refractivity contribution in [2.24, 2.45) is 0 Å². The van der Waals surface area contributed by atoms with Gasteiger partial charge in [0.2, 0.25) is 0 Å². The molecule has 0 saturated heterocycles. The molecule has 1 unspecified atom stereocenters. The Balaban J connectivity index is 2.16. The summed E-state index contributed by atoms with van der Waals surface area (Å²) >= 11 is 12.2. The largest absolute Gasteiger partial charge is 0.294 e. The van der Waals surface area contributed by atoms with E-state index in [1.54, 1.807) is 18.2 Å². The van der Waals surface area contributed by atoms with E-state index >= 15 is 0 Å². The summed E-state index contributed by atoms with van der Waals surface area (Å²) in [5, 5.41) is 13.4. The van der Waals surface area contributed by atoms with Gasteiger partial charge in [-0.2, -0.15) is 5.26 Å². The molecule has 0 aromatic heterocycles. The molecule has 0 spiro atoms. The van der Waals surface area contributed by atoms with Crippen LogP contribution in [0.2, 0.25) is 10.0 Å². The minimum absolute atomic E-state index is 0.500. The lowest BCUT2D eigenvalue weighted by Crippen LogP contribution is -2.20. The second-order valence-electron chi connectivity index (χ2n) is 4.06. The first-order valence-corrected chi connectivity index (χ1v) is 6.59. The fraction of sp³-hybridized carbons (Fsp3) is 0.133. The Hall–Kier alpha value is -1.53. The molecule has 96 valence electrons. The van der Waals surface area contributed by atoms with Crippen molar-refractivity contribution in [1.82, 2.24) is 5.32 Å². The van der Waals surface area contributed by atoms with Crippen LogP contribution in [0.15, 0.2) is 48.5 Å². The molecular weight excluding hydrogens is 279 g/mol. The molecule has 19 heavy (non-hydrogen) atoms. The first kappa shape index (κ1) is 13.9. The van der Waals surface area contributed by atoms with E-state index in [9.17, 15) is 5.26 Å². The van der Waals surface area contributed by atoms with Gasteiger partial charge in [0.15, 0.2) is 0 Å². The first-order chi connectivity index (χ1) is 9.22. The molecule has 0 bridgehead atoms. The lowest BCUT2D eigenvalue weighted by Gasteiger charge is -2.15. The van der Waals surface area contributed by atoms with Crippen molar-refractivity contribution >= 4 is 23.2 Å². The van der Waals surface area contributed by atoms with Crippen LogP contribution >= 0.6 is 23.2 Å². The average molecular weight is 291 g/mol. The highest BCUT2D eigenvalue weighted by Crippen LogP contribution is 2.30. The third-order valence-electron chi connectivity index (χ3n) is 2.77. The quantitative estimate of drug-likeness (QED) is 0.909. The molecule has 2 rings (SSSR count). The van der Waals surface area contributed by atoms with Gasteiger partial charge in [0.1, 0.15) is 6.04 Å². The normalized spacial score (nSPS) is 11.8. The zero-order valence-corrected chi connectivity index (χ0v) is 11.6. The fourth-order valence-corrected chi connectivity index (χ4v) is 2.43. The van der Waals surface area contributed by atoms with Crippen LogP contribution < -0.4 is 5.32 Å². The summed E-state index contributed by atoms with van der Waals surface area (Å²) in [7, 11) is 0. The number of hydrogen-bond acceptors (Lipinski definition) is 2. The van der Waals surface area contributed by atoms with E-state index in [1.165, 1.54) is 0 Å². The van der Waals surface area contributed by atoms with E-state index in [4.69, 9.17) is 23.2 Å². The standard InChI is InChI=1S/C15H12Cl2N2/c16-12-7-4-8-13(17)15(12)14(9-18)19-10-11-5-2-1-3-6-11/h1-8,14,19H,10H2. The molecule has 1 N–H and O–H groups in total. The summed E-state index contributed by atoms with van der Waals surface area (Å²) in [5.41, 5.74) is 1.73. The Kier molecular flexibility index (Phi) is 4.81. The third kappa shape index (κ3) is 3.48. The number of benzene rings is 2. The van der Waals surface area contributed by atoms with Crippen LogP contribution in [0, 0.1) is 11.3 Å². The maximum atomic E-state index is 9.28. The van der Waals surface area contributed by atoms with E-state index in [2.05, 4.69) is 11.4 Å². The van der Waals surface area contributed by atoms with Gasteiger partial charge < -0.3 is 0 Å². The molecule has 0 amide bonds. The van der Waals surface area contributed by atoms with E-state index in [0.29, 0.717) is 22.2 Å². The number of hydrogen-bond donors (Lipinski definition) is 1. The minimum Gasteiger partial charge on any atom is -0.294 e. The zero-order valence-electron chi connectivity index (χ0n) is 10.1. The Morgan fingerprint density at radius 1 is 1.00 bits per heavy atom. The highest BCUT2D eigenvalue weighted by atomic mass is 35.5. The van der Waals surface area contributed by atoms with Crippen LogP contribution in [-0.4, -0.2) is 0 Å². The summed E-state index contributed by atoms with van der Waals surface area (Å²) in [6, 6.07) is 16.8. The van der Waals surface area contributed by atoms with Crippen molar-refractivity contribution in [2.75, 3.05) is 0 Å². The van der Waals surface area contributed by atoms with Crippen molar-refractivity contribution in [2.45, 2.75) is 12.6 Å². The van der Waals surface area contributed by atoms with Crippen LogP contribution in [0.25, 0.3) is 0 Å². The second kappa shape index (κ2) is 6.58. The third-order valence-corrected chi connectivity index (χ3v) is 3.43. The van der Waals surface area contributed by atoms with Gasteiger partial charge in [-0.05, 0) is 17.7 Å². The van der Waals surface area contributed by atoms with E-state index in [-0.39, 0.29) is 0 Å². The van der Waals surface area contributed by atoms with Gasteiger partial charge in [-0.1, -0.05) is 59.6 Å². The lowest BCUT2D eigenvalue weighted by molar-refractivity contribution is 0.631. The molecular formula is C15H12Cl2N2. The number of halogens is 2. The Morgan fingerprint density at radius 3 is 2.21 bits per heavy atom. The predicted molar refractivity (Wildman–Crippen MR) is 78.1 cm³/mol. The van der Waals surface area contributed by atoms with Gasteiger partial charge in [0, 0.05) is 22.2 Å². The maximum absolute atomic E-state index is 9.28. The van der Waals surface area contributed by atoms with E-state index in [1.807, 2.05) is 30.3 Å². The van der Waals surface area contributed by atoms with Crippen molar-refractivity contribution in [3.63, 3.8) is 0 Å². The van der Waals surface area contributed by atoms with Crippen LogP contribution in [0.4, 0.5) is 0 Å². The van der Waals surface area contributed by atoms with Gasteiger partial charge in [-0.25, -0.2) is 0 Å². The van der Waals surface area contributed by atoms with Gasteiger partial charge >= 0.3 is 0 Å². The van der Waals surface area contributed by atoms with Gasteiger partial charge in [-0.3, -0.25) is 5.32 Å². The number of rotatable bonds is 4. The average Bonchev–Trinajstić information content (AvgIpc) is 2.43. The molecule has 2 aromatic carbocycles. The van der Waals surface area contributed by atoms with E-state index < -0.39 is 6.04 Å². The van der Waals surface area contributed by atoms with Crippen molar-refractivity contribution < 1.29 is 0 Å². The summed E-state index contributed by atoms with van der Waals surface area (Å²) < 4.78 is 0.